The second-order valence-corrected chi connectivity index (χ2v) is 9.66. The van der Waals surface area contributed by atoms with E-state index in [1.165, 1.54) is 36.9 Å². The Kier molecular flexibility index (Phi) is 3.34. The van der Waals surface area contributed by atoms with Crippen molar-refractivity contribution in [2.45, 2.75) is 69.4 Å². The summed E-state index contributed by atoms with van der Waals surface area (Å²) in [5.74, 6) is 2.89. The number of phenolic OH excluding ortho intramolecular Hbond substituents is 1. The Hall–Kier alpha value is -1.55. The Morgan fingerprint density at radius 2 is 2.15 bits per heavy atom. The van der Waals surface area contributed by atoms with E-state index in [0.29, 0.717) is 30.0 Å². The normalized spacial score (nSPS) is 39.7. The standard InChI is InChI=1S/C23H29NO3/c1-2-14-11-18(26)22-23-8-9-24(12-13-4-3-5-13)16(19(14)23)10-15-6-7-17(25)21(27-22)20(15)23/h6-7,13-14,16,19,22,25H,2-5,8-12H2,1H3/t14-,16+,19-,22+,23-/m0/s1. The molecule has 144 valence electrons. The molecule has 0 radical (unpaired) electrons. The molecule has 6 rings (SSSR count). The van der Waals surface area contributed by atoms with Crippen LogP contribution >= 0.6 is 0 Å². The van der Waals surface area contributed by atoms with E-state index in [2.05, 4.69) is 17.9 Å². The van der Waals surface area contributed by atoms with Crippen LogP contribution in [0.3, 0.4) is 0 Å². The van der Waals surface area contributed by atoms with Gasteiger partial charge in [0, 0.05) is 30.0 Å². The van der Waals surface area contributed by atoms with Gasteiger partial charge in [-0.2, -0.15) is 0 Å². The van der Waals surface area contributed by atoms with Crippen molar-refractivity contribution in [3.05, 3.63) is 23.3 Å². The van der Waals surface area contributed by atoms with Crippen LogP contribution in [0.4, 0.5) is 0 Å². The molecule has 3 aliphatic carbocycles. The van der Waals surface area contributed by atoms with Crippen LogP contribution < -0.4 is 4.74 Å². The van der Waals surface area contributed by atoms with Gasteiger partial charge in [0.15, 0.2) is 23.4 Å². The van der Waals surface area contributed by atoms with Gasteiger partial charge in [-0.15, -0.1) is 0 Å². The molecule has 4 nitrogen and oxygen atoms in total. The number of phenols is 1. The molecule has 0 amide bonds. The van der Waals surface area contributed by atoms with Crippen LogP contribution in [0.15, 0.2) is 12.1 Å². The maximum absolute atomic E-state index is 13.1. The predicted octanol–water partition coefficient (Wildman–Crippen LogP) is 3.44. The first-order valence-electron chi connectivity index (χ1n) is 10.9. The van der Waals surface area contributed by atoms with Crippen molar-refractivity contribution in [2.75, 3.05) is 13.1 Å². The van der Waals surface area contributed by atoms with Gasteiger partial charge in [-0.3, -0.25) is 9.69 Å². The number of rotatable bonds is 3. The monoisotopic (exact) mass is 367 g/mol. The minimum absolute atomic E-state index is 0.196. The number of nitrogens with zero attached hydrogens (tertiary/aromatic N) is 1. The highest BCUT2D eigenvalue weighted by Gasteiger charge is 2.67. The SMILES string of the molecule is CC[C@H]1CC(=O)[C@H]2Oc3c(O)ccc4c3[C@@]23CCN(CC2CCC2)[C@H](C4)[C@H]13. The molecule has 1 saturated heterocycles. The fourth-order valence-electron chi connectivity index (χ4n) is 7.29. The number of Topliss-reactive ketones (excluding diaryl/α,β-unsaturated/α-hetero) is 1. The zero-order valence-electron chi connectivity index (χ0n) is 16.1. The van der Waals surface area contributed by atoms with Crippen molar-refractivity contribution in [3.63, 3.8) is 0 Å². The van der Waals surface area contributed by atoms with Crippen LogP contribution in [0.1, 0.15) is 56.6 Å². The molecule has 2 aliphatic heterocycles. The van der Waals surface area contributed by atoms with Crippen molar-refractivity contribution >= 4 is 5.78 Å². The number of ether oxygens (including phenoxy) is 1. The van der Waals surface area contributed by atoms with E-state index in [-0.39, 0.29) is 23.1 Å². The second-order valence-electron chi connectivity index (χ2n) is 9.66. The molecule has 3 fully saturated rings. The summed E-state index contributed by atoms with van der Waals surface area (Å²) in [4.78, 5) is 15.9. The van der Waals surface area contributed by atoms with Crippen LogP contribution in [-0.4, -0.2) is 41.0 Å². The lowest BCUT2D eigenvalue weighted by molar-refractivity contribution is -0.145. The molecule has 1 N–H and O–H groups in total. The average molecular weight is 367 g/mol. The highest BCUT2D eigenvalue weighted by molar-refractivity contribution is 5.89. The summed E-state index contributed by atoms with van der Waals surface area (Å²) in [6, 6.07) is 4.39. The Bertz CT molecular complexity index is 816. The van der Waals surface area contributed by atoms with Crippen molar-refractivity contribution in [2.24, 2.45) is 17.8 Å². The molecular weight excluding hydrogens is 338 g/mol. The number of carbonyl (C=O) groups excluding carboxylic acids is 1. The third-order valence-electron chi connectivity index (χ3n) is 8.62. The largest absolute Gasteiger partial charge is 0.504 e. The van der Waals surface area contributed by atoms with Crippen molar-refractivity contribution in [1.29, 1.82) is 0 Å². The number of hydrogen-bond acceptors (Lipinski definition) is 4. The molecule has 2 heterocycles. The number of likely N-dealkylation sites (tertiary alicyclic amines) is 1. The molecule has 1 aromatic rings. The van der Waals surface area contributed by atoms with E-state index in [0.717, 1.165) is 31.7 Å². The van der Waals surface area contributed by atoms with E-state index in [1.54, 1.807) is 6.07 Å². The molecule has 0 aromatic heterocycles. The molecule has 4 heteroatoms. The third-order valence-corrected chi connectivity index (χ3v) is 8.62. The molecule has 0 unspecified atom stereocenters. The van der Waals surface area contributed by atoms with Gasteiger partial charge in [0.1, 0.15) is 0 Å². The van der Waals surface area contributed by atoms with Crippen LogP contribution in [-0.2, 0) is 16.6 Å². The third kappa shape index (κ3) is 1.95. The molecule has 1 aromatic carbocycles. The first-order chi connectivity index (χ1) is 13.1. The van der Waals surface area contributed by atoms with Crippen molar-refractivity contribution in [1.82, 2.24) is 4.90 Å². The highest BCUT2D eigenvalue weighted by Crippen LogP contribution is 2.64. The van der Waals surface area contributed by atoms with Gasteiger partial charge < -0.3 is 9.84 Å². The van der Waals surface area contributed by atoms with Gasteiger partial charge in [0.2, 0.25) is 0 Å². The Labute approximate surface area is 160 Å². The summed E-state index contributed by atoms with van der Waals surface area (Å²) >= 11 is 0. The van der Waals surface area contributed by atoms with Gasteiger partial charge in [-0.1, -0.05) is 25.8 Å². The van der Waals surface area contributed by atoms with E-state index in [4.69, 9.17) is 4.74 Å². The average Bonchev–Trinajstić information content (AvgIpc) is 2.98. The van der Waals surface area contributed by atoms with Gasteiger partial charge in [-0.05, 0) is 61.6 Å². The minimum Gasteiger partial charge on any atom is -0.504 e. The maximum Gasteiger partial charge on any atom is 0.174 e. The fourth-order valence-corrected chi connectivity index (χ4v) is 7.29. The van der Waals surface area contributed by atoms with Crippen LogP contribution in [0, 0.1) is 17.8 Å². The number of hydrogen-bond donors (Lipinski definition) is 1. The van der Waals surface area contributed by atoms with Crippen LogP contribution in [0.25, 0.3) is 0 Å². The van der Waals surface area contributed by atoms with Gasteiger partial charge in [0.05, 0.1) is 0 Å². The number of ketones is 1. The molecule has 1 spiro atoms. The minimum atomic E-state index is -0.374. The summed E-state index contributed by atoms with van der Waals surface area (Å²) in [7, 11) is 0. The Morgan fingerprint density at radius 1 is 1.30 bits per heavy atom. The summed E-state index contributed by atoms with van der Waals surface area (Å²) in [5.41, 5.74) is 2.32. The highest BCUT2D eigenvalue weighted by atomic mass is 16.5. The summed E-state index contributed by atoms with van der Waals surface area (Å²) < 4.78 is 6.25. The summed E-state index contributed by atoms with van der Waals surface area (Å²) in [6.07, 6.45) is 7.53. The first kappa shape index (κ1) is 16.4. The second kappa shape index (κ2) is 5.50. The summed E-state index contributed by atoms with van der Waals surface area (Å²) in [5, 5.41) is 10.5. The lowest BCUT2D eigenvalue weighted by atomic mass is 9.48. The molecule has 2 bridgehead atoms. The van der Waals surface area contributed by atoms with Crippen molar-refractivity contribution in [3.8, 4) is 11.5 Å². The zero-order chi connectivity index (χ0) is 18.3. The smallest absolute Gasteiger partial charge is 0.174 e. The Morgan fingerprint density at radius 3 is 2.89 bits per heavy atom. The number of aromatic hydroxyl groups is 1. The maximum atomic E-state index is 13.1. The molecular formula is C23H29NO3. The topological polar surface area (TPSA) is 49.8 Å². The molecule has 27 heavy (non-hydrogen) atoms. The van der Waals surface area contributed by atoms with Gasteiger partial charge in [-0.25, -0.2) is 0 Å². The molecule has 2 saturated carbocycles. The Balaban J connectivity index is 1.51. The molecule has 5 atom stereocenters. The van der Waals surface area contributed by atoms with Crippen molar-refractivity contribution < 1.29 is 14.6 Å². The van der Waals surface area contributed by atoms with E-state index < -0.39 is 0 Å². The predicted molar refractivity (Wildman–Crippen MR) is 102 cm³/mol. The van der Waals surface area contributed by atoms with E-state index in [9.17, 15) is 9.90 Å². The summed E-state index contributed by atoms with van der Waals surface area (Å²) in [6.45, 7) is 4.54. The first-order valence-corrected chi connectivity index (χ1v) is 10.9. The van der Waals surface area contributed by atoms with Crippen LogP contribution in [0.2, 0.25) is 0 Å². The van der Waals surface area contributed by atoms with E-state index >= 15 is 0 Å². The number of benzene rings is 1. The quantitative estimate of drug-likeness (QED) is 0.889. The number of piperidine rings is 1. The van der Waals surface area contributed by atoms with Gasteiger partial charge in [0.25, 0.3) is 0 Å². The zero-order valence-corrected chi connectivity index (χ0v) is 16.1. The molecule has 5 aliphatic rings. The lowest BCUT2D eigenvalue weighted by Crippen LogP contribution is -2.68. The van der Waals surface area contributed by atoms with Gasteiger partial charge >= 0.3 is 0 Å². The lowest BCUT2D eigenvalue weighted by Gasteiger charge is -2.60. The number of carbonyl (C=O) groups is 1. The van der Waals surface area contributed by atoms with Crippen LogP contribution in [0.5, 0.6) is 11.5 Å². The van der Waals surface area contributed by atoms with E-state index in [1.807, 2.05) is 0 Å². The fraction of sp³-hybridized carbons (Fsp3) is 0.696.